The number of carbonyl (C=O) groups excluding carboxylic acids is 1. The molecule has 1 amide bonds. The first-order valence-electron chi connectivity index (χ1n) is 5.53. The number of aromatic amines is 1. The third-order valence-corrected chi connectivity index (χ3v) is 3.34. The summed E-state index contributed by atoms with van der Waals surface area (Å²) in [5.41, 5.74) is 7.69. The third-order valence-electron chi connectivity index (χ3n) is 2.56. The van der Waals surface area contributed by atoms with Crippen LogP contribution in [0.2, 0.25) is 0 Å². The van der Waals surface area contributed by atoms with E-state index in [0.717, 1.165) is 10.9 Å². The number of carbonyl (C=O) groups is 1. The molecule has 0 aliphatic carbocycles. The van der Waals surface area contributed by atoms with Crippen LogP contribution < -0.4 is 11.1 Å². The molecule has 2 rings (SSSR count). The van der Waals surface area contributed by atoms with Gasteiger partial charge in [0, 0.05) is 45.9 Å². The Balaban J connectivity index is 2.10. The second-order valence-electron chi connectivity index (χ2n) is 4.06. The zero-order valence-corrected chi connectivity index (χ0v) is 10.8. The van der Waals surface area contributed by atoms with Crippen LogP contribution in [0.5, 0.6) is 0 Å². The molecule has 0 saturated heterocycles. The maximum Gasteiger partial charge on any atom is 0.267 e. The zero-order chi connectivity index (χ0) is 13.1. The number of aromatic nitrogens is 1. The number of amides is 1. The Morgan fingerprint density at radius 2 is 2.22 bits per heavy atom. The Morgan fingerprint density at radius 3 is 2.94 bits per heavy atom. The van der Waals surface area contributed by atoms with Crippen LogP contribution in [0.15, 0.2) is 24.3 Å². The summed E-state index contributed by atoms with van der Waals surface area (Å²) < 4.78 is 10.9. The Bertz CT molecular complexity index is 606. The molecule has 0 saturated carbocycles. The van der Waals surface area contributed by atoms with Crippen molar-refractivity contribution in [3.05, 3.63) is 30.0 Å². The molecule has 18 heavy (non-hydrogen) atoms. The first-order valence-corrected chi connectivity index (χ1v) is 7.25. The first kappa shape index (κ1) is 12.6. The van der Waals surface area contributed by atoms with Gasteiger partial charge in [-0.05, 0) is 24.3 Å². The van der Waals surface area contributed by atoms with Gasteiger partial charge in [0.1, 0.15) is 5.69 Å². The lowest BCUT2D eigenvalue weighted by Crippen LogP contribution is -2.27. The zero-order valence-electron chi connectivity index (χ0n) is 10.0. The number of nitrogen functional groups attached to an aromatic ring is 1. The van der Waals surface area contributed by atoms with Crippen LogP contribution in [-0.2, 0) is 10.8 Å². The number of anilines is 1. The van der Waals surface area contributed by atoms with Gasteiger partial charge < -0.3 is 16.0 Å². The summed E-state index contributed by atoms with van der Waals surface area (Å²) in [4.78, 5) is 14.8. The lowest BCUT2D eigenvalue weighted by Gasteiger charge is -2.01. The molecule has 96 valence electrons. The van der Waals surface area contributed by atoms with Gasteiger partial charge in [0.25, 0.3) is 5.91 Å². The summed E-state index contributed by atoms with van der Waals surface area (Å²) in [5.74, 6) is 0.258. The van der Waals surface area contributed by atoms with Crippen molar-refractivity contribution in [3.8, 4) is 0 Å². The predicted octanol–water partition coefficient (Wildman–Crippen LogP) is 0.858. The molecule has 0 aliphatic rings. The van der Waals surface area contributed by atoms with E-state index in [1.807, 2.05) is 12.1 Å². The average Bonchev–Trinajstić information content (AvgIpc) is 2.71. The number of fused-ring (bicyclic) bond motifs is 1. The van der Waals surface area contributed by atoms with Crippen LogP contribution in [0.1, 0.15) is 10.5 Å². The molecule has 1 atom stereocenters. The maximum atomic E-state index is 11.8. The van der Waals surface area contributed by atoms with E-state index in [9.17, 15) is 9.00 Å². The van der Waals surface area contributed by atoms with Gasteiger partial charge in [-0.3, -0.25) is 9.00 Å². The van der Waals surface area contributed by atoms with Crippen LogP contribution in [0.25, 0.3) is 10.9 Å². The van der Waals surface area contributed by atoms with Gasteiger partial charge in [0.2, 0.25) is 0 Å². The SMILES string of the molecule is CS(=O)CCNC(=O)c1cc2cc(N)ccc2[nH]1. The number of hydrogen-bond acceptors (Lipinski definition) is 3. The molecule has 0 fully saturated rings. The first-order chi connectivity index (χ1) is 8.56. The van der Waals surface area contributed by atoms with Crippen molar-refractivity contribution < 1.29 is 9.00 Å². The molecule has 1 aromatic heterocycles. The number of nitrogens with one attached hydrogen (secondary N) is 2. The molecule has 0 spiro atoms. The number of benzene rings is 1. The van der Waals surface area contributed by atoms with E-state index in [0.29, 0.717) is 23.7 Å². The Morgan fingerprint density at radius 1 is 1.44 bits per heavy atom. The van der Waals surface area contributed by atoms with Gasteiger partial charge in [-0.2, -0.15) is 0 Å². The minimum atomic E-state index is -0.898. The fourth-order valence-corrected chi connectivity index (χ4v) is 2.07. The molecule has 1 unspecified atom stereocenters. The summed E-state index contributed by atoms with van der Waals surface area (Å²) >= 11 is 0. The number of hydrogen-bond donors (Lipinski definition) is 3. The van der Waals surface area contributed by atoms with Crippen molar-refractivity contribution in [1.82, 2.24) is 10.3 Å². The lowest BCUT2D eigenvalue weighted by molar-refractivity contribution is 0.0952. The molecule has 6 heteroatoms. The maximum absolute atomic E-state index is 11.8. The largest absolute Gasteiger partial charge is 0.399 e. The van der Waals surface area contributed by atoms with E-state index >= 15 is 0 Å². The van der Waals surface area contributed by atoms with Gasteiger partial charge in [0.15, 0.2) is 0 Å². The minimum Gasteiger partial charge on any atom is -0.399 e. The Labute approximate surface area is 107 Å². The summed E-state index contributed by atoms with van der Waals surface area (Å²) in [6.45, 7) is 0.402. The van der Waals surface area contributed by atoms with Gasteiger partial charge in [0.05, 0.1) is 0 Å². The molecule has 0 aliphatic heterocycles. The van der Waals surface area contributed by atoms with E-state index in [4.69, 9.17) is 5.73 Å². The van der Waals surface area contributed by atoms with Crippen LogP contribution in [0, 0.1) is 0 Å². The summed E-state index contributed by atoms with van der Waals surface area (Å²) in [7, 11) is -0.898. The molecule has 0 bridgehead atoms. The number of H-pyrrole nitrogens is 1. The fraction of sp³-hybridized carbons (Fsp3) is 0.250. The van der Waals surface area contributed by atoms with Gasteiger partial charge >= 0.3 is 0 Å². The Kier molecular flexibility index (Phi) is 3.66. The summed E-state index contributed by atoms with van der Waals surface area (Å²) in [5, 5.41) is 3.61. The number of nitrogens with two attached hydrogens (primary N) is 1. The monoisotopic (exact) mass is 265 g/mol. The average molecular weight is 265 g/mol. The minimum absolute atomic E-state index is 0.199. The van der Waals surface area contributed by atoms with Crippen LogP contribution in [0.3, 0.4) is 0 Å². The van der Waals surface area contributed by atoms with Crippen molar-refractivity contribution in [2.45, 2.75) is 0 Å². The number of rotatable bonds is 4. The van der Waals surface area contributed by atoms with Crippen LogP contribution in [-0.4, -0.2) is 33.7 Å². The highest BCUT2D eigenvalue weighted by Crippen LogP contribution is 2.18. The quantitative estimate of drug-likeness (QED) is 0.716. The highest BCUT2D eigenvalue weighted by molar-refractivity contribution is 7.84. The van der Waals surface area contributed by atoms with Gasteiger partial charge in [-0.15, -0.1) is 0 Å². The molecule has 0 radical (unpaired) electrons. The normalized spacial score (nSPS) is 12.5. The van der Waals surface area contributed by atoms with Crippen molar-refractivity contribution >= 4 is 33.3 Å². The standard InChI is InChI=1S/C12H15N3O2S/c1-18(17)5-4-14-12(16)11-7-8-6-9(13)2-3-10(8)15-11/h2-3,6-7,15H,4-5,13H2,1H3,(H,14,16). The molecule has 5 nitrogen and oxygen atoms in total. The second kappa shape index (κ2) is 5.22. The van der Waals surface area contributed by atoms with E-state index in [1.54, 1.807) is 18.4 Å². The highest BCUT2D eigenvalue weighted by atomic mass is 32.2. The molecule has 4 N–H and O–H groups in total. The highest BCUT2D eigenvalue weighted by Gasteiger charge is 2.09. The van der Waals surface area contributed by atoms with E-state index in [1.165, 1.54) is 0 Å². The molecular weight excluding hydrogens is 250 g/mol. The van der Waals surface area contributed by atoms with E-state index < -0.39 is 10.8 Å². The molecule has 1 aromatic carbocycles. The van der Waals surface area contributed by atoms with Gasteiger partial charge in [-0.25, -0.2) is 0 Å². The molecular formula is C12H15N3O2S. The fourth-order valence-electron chi connectivity index (χ4n) is 1.68. The molecule has 2 aromatic rings. The Hall–Kier alpha value is -1.82. The lowest BCUT2D eigenvalue weighted by atomic mass is 10.2. The van der Waals surface area contributed by atoms with Crippen LogP contribution >= 0.6 is 0 Å². The summed E-state index contributed by atoms with van der Waals surface area (Å²) in [6.07, 6.45) is 1.61. The van der Waals surface area contributed by atoms with Gasteiger partial charge in [-0.1, -0.05) is 0 Å². The summed E-state index contributed by atoms with van der Waals surface area (Å²) in [6, 6.07) is 7.18. The van der Waals surface area contributed by atoms with E-state index in [-0.39, 0.29) is 5.91 Å². The molecule has 1 heterocycles. The van der Waals surface area contributed by atoms with Crippen molar-refractivity contribution in [3.63, 3.8) is 0 Å². The van der Waals surface area contributed by atoms with E-state index in [2.05, 4.69) is 10.3 Å². The van der Waals surface area contributed by atoms with Crippen molar-refractivity contribution in [2.24, 2.45) is 0 Å². The second-order valence-corrected chi connectivity index (χ2v) is 5.62. The van der Waals surface area contributed by atoms with Crippen LogP contribution in [0.4, 0.5) is 5.69 Å². The van der Waals surface area contributed by atoms with Crippen molar-refractivity contribution in [2.75, 3.05) is 24.3 Å². The smallest absolute Gasteiger partial charge is 0.267 e. The predicted molar refractivity (Wildman–Crippen MR) is 74.0 cm³/mol. The van der Waals surface area contributed by atoms with Crippen molar-refractivity contribution in [1.29, 1.82) is 0 Å². The topological polar surface area (TPSA) is 88.0 Å². The third kappa shape index (κ3) is 2.89.